The Bertz CT molecular complexity index is 719. The highest BCUT2D eigenvalue weighted by atomic mass is 16.5. The number of methoxy groups -OCH3 is 2. The summed E-state index contributed by atoms with van der Waals surface area (Å²) < 4.78 is 9.91. The number of carbonyl (C=O) groups is 2. The number of allylic oxidation sites excluding steroid dienone is 3. The summed E-state index contributed by atoms with van der Waals surface area (Å²) in [7, 11) is 4.49. The number of nitrogens with zero attached hydrogens (tertiary/aromatic N) is 1. The third-order valence-electron chi connectivity index (χ3n) is 4.50. The summed E-state index contributed by atoms with van der Waals surface area (Å²) in [4.78, 5) is 26.6. The Hall–Kier alpha value is -2.82. The van der Waals surface area contributed by atoms with Gasteiger partial charge in [-0.3, -0.25) is 0 Å². The molecular formula is C20H23NO4. The van der Waals surface area contributed by atoms with Gasteiger partial charge in [-0.15, -0.1) is 0 Å². The minimum atomic E-state index is -0.531. The molecule has 1 aliphatic heterocycles. The van der Waals surface area contributed by atoms with Crippen molar-refractivity contribution >= 4 is 18.0 Å². The molecule has 0 fully saturated rings. The van der Waals surface area contributed by atoms with Gasteiger partial charge in [-0.2, -0.15) is 0 Å². The molecule has 1 aromatic rings. The second-order valence-corrected chi connectivity index (χ2v) is 5.79. The highest BCUT2D eigenvalue weighted by Crippen LogP contribution is 2.36. The highest BCUT2D eigenvalue weighted by molar-refractivity contribution is 5.98. The maximum Gasteiger partial charge on any atom is 0.336 e. The van der Waals surface area contributed by atoms with Crippen molar-refractivity contribution in [3.63, 3.8) is 0 Å². The van der Waals surface area contributed by atoms with Crippen molar-refractivity contribution in [2.24, 2.45) is 5.92 Å². The minimum absolute atomic E-state index is 0.434. The van der Waals surface area contributed by atoms with Crippen LogP contribution in [0.25, 0.3) is 6.08 Å². The molecule has 0 saturated carbocycles. The lowest BCUT2D eigenvalue weighted by Crippen LogP contribution is -2.33. The molecule has 5 heteroatoms. The standard InChI is InChI=1S/C20H23NO4/c1-13-17(19(22)24-4)16(12-11-15-9-7-6-8-10-15)18(20(23)25-5)14(2)21(13)3/h6-12,16H,1-5H3. The van der Waals surface area contributed by atoms with Crippen LogP contribution in [0.3, 0.4) is 0 Å². The van der Waals surface area contributed by atoms with E-state index in [0.29, 0.717) is 11.1 Å². The molecule has 0 atom stereocenters. The lowest BCUT2D eigenvalue weighted by molar-refractivity contribution is -0.137. The first-order chi connectivity index (χ1) is 11.9. The molecule has 132 valence electrons. The molecule has 0 saturated heterocycles. The second-order valence-electron chi connectivity index (χ2n) is 5.79. The van der Waals surface area contributed by atoms with Crippen molar-refractivity contribution in [3.05, 3.63) is 64.5 Å². The largest absolute Gasteiger partial charge is 0.466 e. The summed E-state index contributed by atoms with van der Waals surface area (Å²) in [6.07, 6.45) is 3.73. The second kappa shape index (κ2) is 7.83. The zero-order valence-electron chi connectivity index (χ0n) is 15.2. The maximum atomic E-state index is 12.4. The summed E-state index contributed by atoms with van der Waals surface area (Å²) in [5, 5.41) is 0. The Kier molecular flexibility index (Phi) is 5.80. The van der Waals surface area contributed by atoms with Crippen LogP contribution >= 0.6 is 0 Å². The van der Waals surface area contributed by atoms with E-state index in [9.17, 15) is 9.59 Å². The lowest BCUT2D eigenvalue weighted by Gasteiger charge is -2.34. The molecule has 0 radical (unpaired) electrons. The smallest absolute Gasteiger partial charge is 0.336 e. The Morgan fingerprint density at radius 1 is 0.960 bits per heavy atom. The predicted octanol–water partition coefficient (Wildman–Crippen LogP) is 3.16. The van der Waals surface area contributed by atoms with Crippen molar-refractivity contribution in [2.75, 3.05) is 21.3 Å². The zero-order chi connectivity index (χ0) is 18.6. The molecule has 1 aromatic carbocycles. The van der Waals surface area contributed by atoms with Crippen molar-refractivity contribution in [2.45, 2.75) is 13.8 Å². The van der Waals surface area contributed by atoms with Crippen LogP contribution in [0, 0.1) is 5.92 Å². The molecule has 0 aromatic heterocycles. The molecule has 1 heterocycles. The fraction of sp³-hybridized carbons (Fsp3) is 0.300. The van der Waals surface area contributed by atoms with Crippen LogP contribution in [-0.4, -0.2) is 38.1 Å². The Labute approximate surface area is 148 Å². The fourth-order valence-electron chi connectivity index (χ4n) is 2.94. The van der Waals surface area contributed by atoms with E-state index in [1.165, 1.54) is 14.2 Å². The van der Waals surface area contributed by atoms with Gasteiger partial charge in [0.1, 0.15) is 0 Å². The van der Waals surface area contributed by atoms with Gasteiger partial charge < -0.3 is 14.4 Å². The van der Waals surface area contributed by atoms with E-state index in [-0.39, 0.29) is 0 Å². The third kappa shape index (κ3) is 3.65. The van der Waals surface area contributed by atoms with E-state index >= 15 is 0 Å². The summed E-state index contributed by atoms with van der Waals surface area (Å²) in [5.74, 6) is -1.45. The molecule has 5 nitrogen and oxygen atoms in total. The molecule has 0 N–H and O–H groups in total. The monoisotopic (exact) mass is 341 g/mol. The van der Waals surface area contributed by atoms with Gasteiger partial charge in [0.2, 0.25) is 0 Å². The van der Waals surface area contributed by atoms with Gasteiger partial charge >= 0.3 is 11.9 Å². The molecular weight excluding hydrogens is 318 g/mol. The average Bonchev–Trinajstić information content (AvgIpc) is 2.64. The van der Waals surface area contributed by atoms with Crippen LogP contribution in [0.4, 0.5) is 0 Å². The van der Waals surface area contributed by atoms with Crippen LogP contribution in [0.1, 0.15) is 19.4 Å². The predicted molar refractivity (Wildman–Crippen MR) is 96.2 cm³/mol. The minimum Gasteiger partial charge on any atom is -0.466 e. The number of carbonyl (C=O) groups excluding carboxylic acids is 2. The number of ether oxygens (including phenoxy) is 2. The van der Waals surface area contributed by atoms with Crippen molar-refractivity contribution in [1.29, 1.82) is 0 Å². The average molecular weight is 341 g/mol. The summed E-state index contributed by atoms with van der Waals surface area (Å²) >= 11 is 0. The van der Waals surface area contributed by atoms with E-state index in [0.717, 1.165) is 17.0 Å². The number of esters is 2. The summed E-state index contributed by atoms with van der Waals surface area (Å²) in [6, 6.07) is 9.70. The third-order valence-corrected chi connectivity index (χ3v) is 4.50. The van der Waals surface area contributed by atoms with Gasteiger partial charge in [-0.05, 0) is 19.4 Å². The van der Waals surface area contributed by atoms with Crippen LogP contribution < -0.4 is 0 Å². The molecule has 0 spiro atoms. The van der Waals surface area contributed by atoms with Gasteiger partial charge in [0.25, 0.3) is 0 Å². The number of benzene rings is 1. The first kappa shape index (κ1) is 18.5. The van der Waals surface area contributed by atoms with Crippen molar-refractivity contribution < 1.29 is 19.1 Å². The van der Waals surface area contributed by atoms with Crippen molar-refractivity contribution in [3.8, 4) is 0 Å². The topological polar surface area (TPSA) is 55.8 Å². The molecule has 0 amide bonds. The zero-order valence-corrected chi connectivity index (χ0v) is 15.2. The first-order valence-corrected chi connectivity index (χ1v) is 7.97. The SMILES string of the molecule is COC(=O)C1=C(C)N(C)C(C)=C(C(=O)OC)C1C=Cc1ccccc1. The van der Waals surface area contributed by atoms with Crippen molar-refractivity contribution in [1.82, 2.24) is 4.90 Å². The van der Waals surface area contributed by atoms with Gasteiger partial charge in [0, 0.05) is 24.4 Å². The van der Waals surface area contributed by atoms with Gasteiger partial charge in [0.05, 0.1) is 25.4 Å². The fourth-order valence-corrected chi connectivity index (χ4v) is 2.94. The van der Waals surface area contributed by atoms with E-state index in [4.69, 9.17) is 9.47 Å². The number of rotatable bonds is 4. The lowest BCUT2D eigenvalue weighted by atomic mass is 9.84. The normalized spacial score (nSPS) is 15.8. The Balaban J connectivity index is 2.58. The summed E-state index contributed by atoms with van der Waals surface area (Å²) in [6.45, 7) is 3.68. The van der Waals surface area contributed by atoms with Crippen LogP contribution in [0.2, 0.25) is 0 Å². The summed E-state index contributed by atoms with van der Waals surface area (Å²) in [5.41, 5.74) is 3.34. The van der Waals surface area contributed by atoms with E-state index in [1.54, 1.807) is 0 Å². The highest BCUT2D eigenvalue weighted by Gasteiger charge is 2.36. The molecule has 0 aliphatic carbocycles. The number of hydrogen-bond donors (Lipinski definition) is 0. The van der Waals surface area contributed by atoms with Crippen LogP contribution in [0.15, 0.2) is 58.9 Å². The van der Waals surface area contributed by atoms with Gasteiger partial charge in [-0.25, -0.2) is 9.59 Å². The van der Waals surface area contributed by atoms with E-state index in [2.05, 4.69) is 0 Å². The molecule has 1 aliphatic rings. The first-order valence-electron chi connectivity index (χ1n) is 7.97. The van der Waals surface area contributed by atoms with Gasteiger partial charge in [-0.1, -0.05) is 42.5 Å². The Morgan fingerprint density at radius 2 is 1.44 bits per heavy atom. The molecule has 2 rings (SSSR count). The molecule has 0 unspecified atom stereocenters. The van der Waals surface area contributed by atoms with Crippen LogP contribution in [-0.2, 0) is 19.1 Å². The van der Waals surface area contributed by atoms with Gasteiger partial charge in [0.15, 0.2) is 0 Å². The van der Waals surface area contributed by atoms with E-state index in [1.807, 2.05) is 68.3 Å². The van der Waals surface area contributed by atoms with E-state index < -0.39 is 17.9 Å². The molecule has 0 bridgehead atoms. The molecule has 25 heavy (non-hydrogen) atoms. The Morgan fingerprint density at radius 3 is 1.88 bits per heavy atom. The quantitative estimate of drug-likeness (QED) is 0.788. The number of hydrogen-bond acceptors (Lipinski definition) is 5. The van der Waals surface area contributed by atoms with Crippen LogP contribution in [0.5, 0.6) is 0 Å². The maximum absolute atomic E-state index is 12.4.